The molecule has 0 aliphatic rings. The van der Waals surface area contributed by atoms with Gasteiger partial charge in [0, 0.05) is 35.1 Å². The van der Waals surface area contributed by atoms with Crippen LogP contribution in [0.4, 0.5) is 0 Å². The molecule has 7 nitrogen and oxygen atoms in total. The number of rotatable bonds is 10. The van der Waals surface area contributed by atoms with Crippen LogP contribution >= 0.6 is 11.6 Å². The third-order valence-electron chi connectivity index (χ3n) is 5.76. The lowest BCUT2D eigenvalue weighted by molar-refractivity contribution is -0.138. The molecule has 4 rings (SSSR count). The first-order valence-corrected chi connectivity index (χ1v) is 13.3. The second kappa shape index (κ2) is 11.5. The lowest BCUT2D eigenvalue weighted by Crippen LogP contribution is -2.42. The number of benzene rings is 3. The Morgan fingerprint density at radius 2 is 1.84 bits per heavy atom. The van der Waals surface area contributed by atoms with E-state index in [4.69, 9.17) is 16.3 Å². The molecule has 1 unspecified atom stereocenters. The number of hydrogen-bond acceptors (Lipinski definition) is 4. The predicted octanol–water partition coefficient (Wildman–Crippen LogP) is 4.72. The summed E-state index contributed by atoms with van der Waals surface area (Å²) in [5, 5.41) is 11.2. The Morgan fingerprint density at radius 3 is 2.51 bits per heavy atom. The van der Waals surface area contributed by atoms with E-state index >= 15 is 0 Å². The monoisotopic (exact) mass is 536 g/mol. The molecule has 1 heterocycles. The van der Waals surface area contributed by atoms with Gasteiger partial charge in [0.05, 0.1) is 4.90 Å². The number of carboxylic acids is 1. The molecule has 37 heavy (non-hydrogen) atoms. The first-order chi connectivity index (χ1) is 17.8. The minimum atomic E-state index is -4.12. The minimum absolute atomic E-state index is 0.0654. The number of fused-ring (bicyclic) bond motifs is 1. The minimum Gasteiger partial charge on any atom is -0.481 e. The number of carbonyl (C=O) groups is 1. The number of aliphatic carboxylic acids is 1. The number of nitrogens with one attached hydrogen (secondary N) is 1. The topological polar surface area (TPSA) is 97.6 Å². The quantitative estimate of drug-likeness (QED) is 0.286. The van der Waals surface area contributed by atoms with Crippen LogP contribution in [0, 0.1) is 11.8 Å². The molecule has 0 fully saturated rings. The maximum absolute atomic E-state index is 13.0. The van der Waals surface area contributed by atoms with Crippen molar-refractivity contribution < 1.29 is 23.1 Å². The third-order valence-corrected chi connectivity index (χ3v) is 7.49. The fraction of sp³-hybridized carbons (Fsp3) is 0.179. The van der Waals surface area contributed by atoms with Crippen LogP contribution in [0.2, 0.25) is 5.02 Å². The van der Waals surface area contributed by atoms with Gasteiger partial charge in [-0.2, -0.15) is 4.72 Å². The molecule has 0 saturated heterocycles. The summed E-state index contributed by atoms with van der Waals surface area (Å²) < 4.78 is 35.8. The fourth-order valence-corrected chi connectivity index (χ4v) is 5.34. The zero-order valence-electron chi connectivity index (χ0n) is 20.0. The Balaban J connectivity index is 1.59. The highest BCUT2D eigenvalue weighted by Crippen LogP contribution is 2.27. The average molecular weight is 537 g/mol. The molecule has 1 atom stereocenters. The average Bonchev–Trinajstić information content (AvgIpc) is 3.20. The van der Waals surface area contributed by atoms with Gasteiger partial charge in [-0.05, 0) is 60.5 Å². The van der Waals surface area contributed by atoms with Gasteiger partial charge in [0.25, 0.3) is 0 Å². The second-order valence-electron chi connectivity index (χ2n) is 8.33. The highest BCUT2D eigenvalue weighted by molar-refractivity contribution is 7.89. The molecule has 0 bridgehead atoms. The normalized spacial score (nSPS) is 12.1. The van der Waals surface area contributed by atoms with E-state index in [-0.39, 0.29) is 17.9 Å². The molecule has 190 valence electrons. The van der Waals surface area contributed by atoms with Crippen LogP contribution < -0.4 is 9.46 Å². The molecule has 2 N–H and O–H groups in total. The first-order valence-electron chi connectivity index (χ1n) is 11.5. The van der Waals surface area contributed by atoms with Gasteiger partial charge in [-0.15, -0.1) is 5.92 Å². The molecule has 1 aromatic heterocycles. The van der Waals surface area contributed by atoms with E-state index in [0.717, 1.165) is 16.5 Å². The molecule has 4 aromatic rings. The van der Waals surface area contributed by atoms with Gasteiger partial charge < -0.3 is 14.4 Å². The maximum atomic E-state index is 13.0. The van der Waals surface area contributed by atoms with Gasteiger partial charge in [-0.1, -0.05) is 47.9 Å². The van der Waals surface area contributed by atoms with Crippen molar-refractivity contribution in [2.24, 2.45) is 0 Å². The summed E-state index contributed by atoms with van der Waals surface area (Å²) in [4.78, 5) is 12.1. The van der Waals surface area contributed by atoms with Crippen molar-refractivity contribution in [2.45, 2.75) is 30.8 Å². The van der Waals surface area contributed by atoms with E-state index < -0.39 is 22.0 Å². The summed E-state index contributed by atoms with van der Waals surface area (Å²) in [5.41, 5.74) is 2.62. The van der Waals surface area contributed by atoms with Crippen molar-refractivity contribution >= 4 is 38.5 Å². The van der Waals surface area contributed by atoms with Gasteiger partial charge in [-0.25, -0.2) is 8.42 Å². The number of nitrogens with zero attached hydrogens (tertiary/aromatic N) is 1. The summed E-state index contributed by atoms with van der Waals surface area (Å²) in [6, 6.07) is 19.6. The number of hydrogen-bond donors (Lipinski definition) is 2. The van der Waals surface area contributed by atoms with Crippen molar-refractivity contribution in [1.82, 2.24) is 9.29 Å². The Bertz CT molecular complexity index is 1570. The number of sulfonamides is 1. The standard InChI is InChI=1S/C28H25ClN2O5S/c1-2-3-15-36-23-10-12-24(13-11-23)37(34,35)30-26(28(32)33)16-21-19-31(18-20-7-5-4-6-8-20)27-14-9-22(29)17-25(21)27/h4-14,17,19,26,30H,15-16,18H2,1H3,(H,32,33). The van der Waals surface area contributed by atoms with Crippen LogP contribution in [0.3, 0.4) is 0 Å². The molecule has 0 radical (unpaired) electrons. The highest BCUT2D eigenvalue weighted by atomic mass is 35.5. The first kappa shape index (κ1) is 26.3. The summed E-state index contributed by atoms with van der Waals surface area (Å²) in [7, 11) is -4.12. The zero-order valence-corrected chi connectivity index (χ0v) is 21.6. The molecule has 0 spiro atoms. The van der Waals surface area contributed by atoms with Gasteiger partial charge in [0.2, 0.25) is 10.0 Å². The van der Waals surface area contributed by atoms with Crippen molar-refractivity contribution in [1.29, 1.82) is 0 Å². The zero-order chi connectivity index (χ0) is 26.4. The molecular weight excluding hydrogens is 512 g/mol. The van der Waals surface area contributed by atoms with Crippen LogP contribution in [0.25, 0.3) is 10.9 Å². The smallest absolute Gasteiger partial charge is 0.322 e. The van der Waals surface area contributed by atoms with Gasteiger partial charge in [0.1, 0.15) is 18.4 Å². The SMILES string of the molecule is CC#CCOc1ccc(S(=O)(=O)NC(Cc2cn(Cc3ccccc3)c3ccc(Cl)cc23)C(=O)O)cc1. The van der Waals surface area contributed by atoms with E-state index in [1.54, 1.807) is 19.1 Å². The predicted molar refractivity (Wildman–Crippen MR) is 143 cm³/mol. The largest absolute Gasteiger partial charge is 0.481 e. The Morgan fingerprint density at radius 1 is 1.11 bits per heavy atom. The summed E-state index contributed by atoms with van der Waals surface area (Å²) in [6.07, 6.45) is 1.79. The van der Waals surface area contributed by atoms with Crippen LogP contribution in [0.1, 0.15) is 18.1 Å². The van der Waals surface area contributed by atoms with Gasteiger partial charge >= 0.3 is 5.97 Å². The highest BCUT2D eigenvalue weighted by Gasteiger charge is 2.27. The van der Waals surface area contributed by atoms with Crippen LogP contribution in [-0.2, 0) is 27.8 Å². The van der Waals surface area contributed by atoms with Crippen molar-refractivity contribution in [2.75, 3.05) is 6.61 Å². The molecular formula is C28H25ClN2O5S. The Kier molecular flexibility index (Phi) is 8.19. The van der Waals surface area contributed by atoms with Crippen LogP contribution in [0.5, 0.6) is 5.75 Å². The maximum Gasteiger partial charge on any atom is 0.322 e. The van der Waals surface area contributed by atoms with Gasteiger partial charge in [-0.3, -0.25) is 4.79 Å². The number of carboxylic acid groups (broad SMARTS) is 1. The van der Waals surface area contributed by atoms with E-state index in [0.29, 0.717) is 22.9 Å². The summed E-state index contributed by atoms with van der Waals surface area (Å²) in [6.45, 7) is 2.45. The van der Waals surface area contributed by atoms with Crippen molar-refractivity contribution in [3.63, 3.8) is 0 Å². The molecule has 3 aromatic carbocycles. The number of aromatic nitrogens is 1. The Hall–Kier alpha value is -3.77. The summed E-state index contributed by atoms with van der Waals surface area (Å²) >= 11 is 6.24. The molecule has 0 aliphatic heterocycles. The van der Waals surface area contributed by atoms with E-state index in [2.05, 4.69) is 16.6 Å². The van der Waals surface area contributed by atoms with E-state index in [1.165, 1.54) is 24.3 Å². The van der Waals surface area contributed by atoms with Crippen molar-refractivity contribution in [3.8, 4) is 17.6 Å². The van der Waals surface area contributed by atoms with Crippen LogP contribution in [0.15, 0.2) is 83.9 Å². The third kappa shape index (κ3) is 6.52. The lowest BCUT2D eigenvalue weighted by atomic mass is 10.1. The van der Waals surface area contributed by atoms with E-state index in [1.807, 2.05) is 47.2 Å². The molecule has 0 aliphatic carbocycles. The fourth-order valence-electron chi connectivity index (χ4n) is 3.98. The Labute approximate surface area is 220 Å². The summed E-state index contributed by atoms with van der Waals surface area (Å²) in [5.74, 6) is 4.64. The van der Waals surface area contributed by atoms with E-state index in [9.17, 15) is 18.3 Å². The number of ether oxygens (including phenoxy) is 1. The molecule has 0 saturated carbocycles. The number of halogens is 1. The lowest BCUT2D eigenvalue weighted by Gasteiger charge is -2.15. The van der Waals surface area contributed by atoms with Crippen molar-refractivity contribution in [3.05, 3.63) is 95.1 Å². The van der Waals surface area contributed by atoms with Crippen LogP contribution in [-0.4, -0.2) is 36.7 Å². The molecule has 9 heteroatoms. The van der Waals surface area contributed by atoms with Gasteiger partial charge in [0.15, 0.2) is 0 Å². The molecule has 0 amide bonds. The second-order valence-corrected chi connectivity index (χ2v) is 10.5.